The summed E-state index contributed by atoms with van der Waals surface area (Å²) in [5.41, 5.74) is 6.73. The smallest absolute Gasteiger partial charge is 0.289 e. The van der Waals surface area contributed by atoms with Crippen molar-refractivity contribution in [2.75, 3.05) is 5.73 Å². The highest BCUT2D eigenvalue weighted by Crippen LogP contribution is 2.28. The minimum absolute atomic E-state index is 0.00424. The highest BCUT2D eigenvalue weighted by Gasteiger charge is 2.14. The second kappa shape index (κ2) is 5.24. The number of hydrogen-bond donors (Lipinski definition) is 1. The molecule has 0 fully saturated rings. The lowest BCUT2D eigenvalue weighted by Gasteiger charge is -2.09. The molecule has 0 aliphatic heterocycles. The first kappa shape index (κ1) is 13.3. The lowest BCUT2D eigenvalue weighted by atomic mass is 10.2. The van der Waals surface area contributed by atoms with Gasteiger partial charge in [-0.2, -0.15) is 5.26 Å². The Hall–Kier alpha value is -3.14. The first-order valence-corrected chi connectivity index (χ1v) is 5.60. The summed E-state index contributed by atoms with van der Waals surface area (Å²) in [6.45, 7) is 1.79. The van der Waals surface area contributed by atoms with Crippen LogP contribution in [0.15, 0.2) is 30.5 Å². The zero-order valence-corrected chi connectivity index (χ0v) is 10.5. The molecule has 0 atom stereocenters. The molecule has 7 nitrogen and oxygen atoms in total. The number of aromatic nitrogens is 1. The maximum absolute atomic E-state index is 10.6. The van der Waals surface area contributed by atoms with Gasteiger partial charge < -0.3 is 10.5 Å². The van der Waals surface area contributed by atoms with Gasteiger partial charge in [-0.05, 0) is 30.7 Å². The monoisotopic (exact) mass is 270 g/mol. The quantitative estimate of drug-likeness (QED) is 0.520. The first-order valence-electron chi connectivity index (χ1n) is 5.60. The van der Waals surface area contributed by atoms with Crippen LogP contribution in [-0.2, 0) is 0 Å². The Bertz CT molecular complexity index is 722. The molecule has 0 radical (unpaired) electrons. The van der Waals surface area contributed by atoms with E-state index in [2.05, 4.69) is 4.98 Å². The summed E-state index contributed by atoms with van der Waals surface area (Å²) in [6, 6.07) is 7.96. The Balaban J connectivity index is 2.39. The third-order valence-electron chi connectivity index (χ3n) is 2.57. The minimum Gasteiger partial charge on any atom is -0.437 e. The van der Waals surface area contributed by atoms with E-state index in [4.69, 9.17) is 15.7 Å². The van der Waals surface area contributed by atoms with Crippen molar-refractivity contribution in [3.05, 3.63) is 51.7 Å². The van der Waals surface area contributed by atoms with Crippen molar-refractivity contribution in [2.45, 2.75) is 6.92 Å². The third kappa shape index (κ3) is 2.64. The van der Waals surface area contributed by atoms with Gasteiger partial charge in [0.05, 0.1) is 4.92 Å². The average molecular weight is 270 g/mol. The lowest BCUT2D eigenvalue weighted by Crippen LogP contribution is -1.97. The van der Waals surface area contributed by atoms with Crippen LogP contribution in [0, 0.1) is 28.4 Å². The van der Waals surface area contributed by atoms with Crippen LogP contribution in [0.3, 0.4) is 0 Å². The van der Waals surface area contributed by atoms with Crippen LogP contribution in [0.5, 0.6) is 11.6 Å². The van der Waals surface area contributed by atoms with E-state index in [0.29, 0.717) is 11.4 Å². The number of benzene rings is 1. The number of hydrogen-bond acceptors (Lipinski definition) is 6. The normalized spacial score (nSPS) is 9.80. The molecule has 2 aromatic rings. The maximum Gasteiger partial charge on any atom is 0.289 e. The van der Waals surface area contributed by atoms with Crippen LogP contribution in [0.2, 0.25) is 0 Å². The van der Waals surface area contributed by atoms with Crippen molar-refractivity contribution in [1.29, 1.82) is 5.26 Å². The molecule has 0 aliphatic carbocycles. The van der Waals surface area contributed by atoms with Gasteiger partial charge in [-0.3, -0.25) is 10.1 Å². The number of nitrogen functional groups attached to an aromatic ring is 1. The predicted octanol–water partition coefficient (Wildman–Crippen LogP) is 2.54. The van der Waals surface area contributed by atoms with Crippen molar-refractivity contribution in [2.24, 2.45) is 0 Å². The number of anilines is 1. The van der Waals surface area contributed by atoms with Gasteiger partial charge in [-0.1, -0.05) is 0 Å². The number of ether oxygens (including phenoxy) is 1. The number of nitriles is 1. The first-order chi connectivity index (χ1) is 9.51. The number of rotatable bonds is 3. The lowest BCUT2D eigenvalue weighted by molar-refractivity contribution is -0.385. The highest BCUT2D eigenvalue weighted by atomic mass is 16.6. The van der Waals surface area contributed by atoms with Crippen molar-refractivity contribution in [3.8, 4) is 17.7 Å². The van der Waals surface area contributed by atoms with E-state index in [1.807, 2.05) is 6.07 Å². The van der Waals surface area contributed by atoms with E-state index in [1.165, 1.54) is 0 Å². The fourth-order valence-corrected chi connectivity index (χ4v) is 1.59. The Morgan fingerprint density at radius 3 is 2.80 bits per heavy atom. The molecule has 1 aromatic carbocycles. The van der Waals surface area contributed by atoms with Crippen molar-refractivity contribution < 1.29 is 9.66 Å². The second-order valence-corrected chi connectivity index (χ2v) is 4.04. The van der Waals surface area contributed by atoms with E-state index in [0.717, 1.165) is 17.8 Å². The maximum atomic E-state index is 10.6. The predicted molar refractivity (Wildman–Crippen MR) is 71.3 cm³/mol. The van der Waals surface area contributed by atoms with E-state index in [1.54, 1.807) is 25.1 Å². The number of nitrogens with two attached hydrogens (primary N) is 1. The summed E-state index contributed by atoms with van der Waals surface area (Å²) >= 11 is 0. The summed E-state index contributed by atoms with van der Waals surface area (Å²) in [4.78, 5) is 13.8. The molecule has 2 N–H and O–H groups in total. The van der Waals surface area contributed by atoms with Gasteiger partial charge in [-0.25, -0.2) is 4.98 Å². The van der Waals surface area contributed by atoms with Crippen LogP contribution in [0.4, 0.5) is 11.4 Å². The summed E-state index contributed by atoms with van der Waals surface area (Å²) in [5, 5.41) is 19.6. The minimum atomic E-state index is -0.619. The molecule has 0 saturated heterocycles. The molecule has 0 aliphatic rings. The summed E-state index contributed by atoms with van der Waals surface area (Å²) in [5.74, 6) is 0.503. The molecule has 0 saturated carbocycles. The van der Waals surface area contributed by atoms with E-state index >= 15 is 0 Å². The van der Waals surface area contributed by atoms with E-state index < -0.39 is 4.92 Å². The van der Waals surface area contributed by atoms with Gasteiger partial charge in [-0.15, -0.1) is 0 Å². The average Bonchev–Trinajstić information content (AvgIpc) is 2.42. The van der Waals surface area contributed by atoms with E-state index in [9.17, 15) is 10.1 Å². The Labute approximate surface area is 114 Å². The molecule has 1 heterocycles. The number of nitro groups is 1. The van der Waals surface area contributed by atoms with Gasteiger partial charge in [0.2, 0.25) is 5.88 Å². The fourth-order valence-electron chi connectivity index (χ4n) is 1.59. The molecule has 20 heavy (non-hydrogen) atoms. The van der Waals surface area contributed by atoms with Gasteiger partial charge >= 0.3 is 0 Å². The van der Waals surface area contributed by atoms with Crippen LogP contribution >= 0.6 is 0 Å². The Morgan fingerprint density at radius 2 is 2.20 bits per heavy atom. The van der Waals surface area contributed by atoms with Gasteiger partial charge in [0.1, 0.15) is 23.6 Å². The Morgan fingerprint density at radius 1 is 1.45 bits per heavy atom. The highest BCUT2D eigenvalue weighted by molar-refractivity contribution is 5.50. The summed E-state index contributed by atoms with van der Waals surface area (Å²) < 4.78 is 5.51. The molecule has 0 unspecified atom stereocenters. The fraction of sp³-hybridized carbons (Fsp3) is 0.0769. The van der Waals surface area contributed by atoms with Crippen molar-refractivity contribution in [3.63, 3.8) is 0 Å². The number of nitrogens with zero attached hydrogens (tertiary/aromatic N) is 3. The van der Waals surface area contributed by atoms with Crippen LogP contribution in [0.25, 0.3) is 0 Å². The van der Waals surface area contributed by atoms with Crippen LogP contribution in [-0.4, -0.2) is 9.91 Å². The molecule has 0 spiro atoms. The van der Waals surface area contributed by atoms with Gasteiger partial charge in [0.25, 0.3) is 5.69 Å². The van der Waals surface area contributed by atoms with Gasteiger partial charge in [0.15, 0.2) is 0 Å². The van der Waals surface area contributed by atoms with Gasteiger partial charge in [0, 0.05) is 11.8 Å². The standard InChI is InChI=1S/C13H10N4O3/c1-8-4-10(15)2-3-12(8)20-13-9(6-14)5-11(7-16-13)17(18)19/h2-5,7H,15H2,1H3. The Kier molecular flexibility index (Phi) is 3.48. The summed E-state index contributed by atoms with van der Waals surface area (Å²) in [7, 11) is 0. The SMILES string of the molecule is Cc1cc(N)ccc1Oc1ncc([N+](=O)[O-])cc1C#N. The zero-order valence-electron chi connectivity index (χ0n) is 10.5. The summed E-state index contributed by atoms with van der Waals surface area (Å²) in [6.07, 6.45) is 1.04. The van der Waals surface area contributed by atoms with Crippen LogP contribution in [0.1, 0.15) is 11.1 Å². The topological polar surface area (TPSA) is 115 Å². The second-order valence-electron chi connectivity index (χ2n) is 4.04. The van der Waals surface area contributed by atoms with Crippen LogP contribution < -0.4 is 10.5 Å². The molecule has 100 valence electrons. The molecule has 1 aromatic heterocycles. The molecule has 0 bridgehead atoms. The van der Waals surface area contributed by atoms with E-state index in [-0.39, 0.29) is 17.1 Å². The molecular weight excluding hydrogens is 260 g/mol. The van der Waals surface area contributed by atoms with Crippen molar-refractivity contribution >= 4 is 11.4 Å². The number of aryl methyl sites for hydroxylation is 1. The van der Waals surface area contributed by atoms with Crippen molar-refractivity contribution in [1.82, 2.24) is 4.98 Å². The number of pyridine rings is 1. The molecule has 7 heteroatoms. The largest absolute Gasteiger partial charge is 0.437 e. The third-order valence-corrected chi connectivity index (χ3v) is 2.57. The zero-order chi connectivity index (χ0) is 14.7. The molecule has 2 rings (SSSR count). The molecular formula is C13H10N4O3. The molecule has 0 amide bonds.